The first kappa shape index (κ1) is 15.0. The smallest absolute Gasteiger partial charge is 0.158 e. The van der Waals surface area contributed by atoms with Crippen LogP contribution in [0.25, 0.3) is 0 Å². The first-order chi connectivity index (χ1) is 9.63. The third-order valence-electron chi connectivity index (χ3n) is 4.18. The highest BCUT2D eigenvalue weighted by Gasteiger charge is 2.23. The number of ether oxygens (including phenoxy) is 1. The lowest BCUT2D eigenvalue weighted by molar-refractivity contribution is 0.178. The van der Waals surface area contributed by atoms with Crippen molar-refractivity contribution in [2.24, 2.45) is 5.92 Å². The number of rotatable bonds is 5. The van der Waals surface area contributed by atoms with E-state index < -0.39 is 0 Å². The second kappa shape index (κ2) is 6.88. The van der Waals surface area contributed by atoms with Gasteiger partial charge >= 0.3 is 0 Å². The maximum atomic E-state index is 5.15. The van der Waals surface area contributed by atoms with Gasteiger partial charge < -0.3 is 15.0 Å². The number of nitrogens with zero attached hydrogens (tertiary/aromatic N) is 3. The number of nitrogens with one attached hydrogen (secondary N) is 1. The van der Waals surface area contributed by atoms with E-state index in [0.29, 0.717) is 12.6 Å². The van der Waals surface area contributed by atoms with Gasteiger partial charge in [-0.15, -0.1) is 0 Å². The summed E-state index contributed by atoms with van der Waals surface area (Å²) < 4.78 is 5.15. The maximum absolute atomic E-state index is 5.15. The zero-order valence-electron chi connectivity index (χ0n) is 13.0. The number of hydrogen-bond donors (Lipinski definition) is 1. The molecule has 0 radical (unpaired) electrons. The van der Waals surface area contributed by atoms with Crippen molar-refractivity contribution in [3.8, 4) is 0 Å². The number of hydrogen-bond acceptors (Lipinski definition) is 5. The fraction of sp³-hybridized carbons (Fsp3) is 0.733. The maximum Gasteiger partial charge on any atom is 0.158 e. The van der Waals surface area contributed by atoms with E-state index in [-0.39, 0.29) is 0 Å². The number of anilines is 2. The molecule has 0 atom stereocenters. The molecule has 1 N–H and O–H groups in total. The third-order valence-corrected chi connectivity index (χ3v) is 4.18. The summed E-state index contributed by atoms with van der Waals surface area (Å²) in [6.07, 6.45) is 5.11. The van der Waals surface area contributed by atoms with Crippen molar-refractivity contribution in [3.05, 3.63) is 11.9 Å². The fourth-order valence-electron chi connectivity index (χ4n) is 2.80. The predicted molar refractivity (Wildman–Crippen MR) is 82.1 cm³/mol. The first-order valence-corrected chi connectivity index (χ1v) is 7.41. The first-order valence-electron chi connectivity index (χ1n) is 7.41. The van der Waals surface area contributed by atoms with Crippen LogP contribution in [0.15, 0.2) is 6.07 Å². The van der Waals surface area contributed by atoms with Crippen LogP contribution < -0.4 is 10.2 Å². The minimum Gasteiger partial charge on any atom is -0.377 e. The summed E-state index contributed by atoms with van der Waals surface area (Å²) in [7, 11) is 5.69. The molecule has 1 aliphatic rings. The van der Waals surface area contributed by atoms with E-state index in [0.717, 1.165) is 23.4 Å². The molecular formula is C15H26N4O. The molecule has 0 saturated heterocycles. The molecule has 1 fully saturated rings. The molecule has 1 heterocycles. The van der Waals surface area contributed by atoms with Crippen molar-refractivity contribution in [3.63, 3.8) is 0 Å². The van der Waals surface area contributed by atoms with E-state index in [2.05, 4.69) is 34.2 Å². The van der Waals surface area contributed by atoms with Gasteiger partial charge in [0.1, 0.15) is 18.2 Å². The monoisotopic (exact) mass is 278 g/mol. The Morgan fingerprint density at radius 3 is 2.60 bits per heavy atom. The molecule has 5 heteroatoms. The van der Waals surface area contributed by atoms with Crippen LogP contribution in [0, 0.1) is 5.92 Å². The lowest BCUT2D eigenvalue weighted by Crippen LogP contribution is -2.35. The molecule has 0 aromatic carbocycles. The molecule has 5 nitrogen and oxygen atoms in total. The average Bonchev–Trinajstić information content (AvgIpc) is 2.47. The summed E-state index contributed by atoms with van der Waals surface area (Å²) in [4.78, 5) is 11.3. The van der Waals surface area contributed by atoms with E-state index in [4.69, 9.17) is 4.74 Å². The Labute approximate surface area is 121 Å². The topological polar surface area (TPSA) is 50.3 Å². The van der Waals surface area contributed by atoms with Gasteiger partial charge in [-0.1, -0.05) is 6.92 Å². The second-order valence-electron chi connectivity index (χ2n) is 5.74. The molecule has 20 heavy (non-hydrogen) atoms. The lowest BCUT2D eigenvalue weighted by atomic mass is 9.87. The van der Waals surface area contributed by atoms with Gasteiger partial charge in [-0.3, -0.25) is 0 Å². The van der Waals surface area contributed by atoms with E-state index in [1.54, 1.807) is 7.11 Å². The van der Waals surface area contributed by atoms with E-state index >= 15 is 0 Å². The number of aromatic nitrogens is 2. The van der Waals surface area contributed by atoms with Gasteiger partial charge in [0.2, 0.25) is 0 Å². The SMILES string of the molecule is CNc1cc(N(C)C2CCC(C)CC2)nc(COC)n1. The predicted octanol–water partition coefficient (Wildman–Crippen LogP) is 2.68. The minimum absolute atomic E-state index is 0.443. The van der Waals surface area contributed by atoms with Crippen molar-refractivity contribution < 1.29 is 4.74 Å². The molecule has 0 amide bonds. The average molecular weight is 278 g/mol. The van der Waals surface area contributed by atoms with Crippen LogP contribution in [0.4, 0.5) is 11.6 Å². The Kier molecular flexibility index (Phi) is 5.17. The summed E-state index contributed by atoms with van der Waals surface area (Å²) in [5, 5.41) is 3.10. The van der Waals surface area contributed by atoms with Crippen molar-refractivity contribution >= 4 is 11.6 Å². The lowest BCUT2D eigenvalue weighted by Gasteiger charge is -2.34. The van der Waals surface area contributed by atoms with Gasteiger partial charge in [-0.2, -0.15) is 0 Å². The van der Waals surface area contributed by atoms with Gasteiger partial charge in [0.05, 0.1) is 0 Å². The summed E-state index contributed by atoms with van der Waals surface area (Å²) in [6, 6.07) is 2.60. The van der Waals surface area contributed by atoms with Crippen LogP contribution in [0.1, 0.15) is 38.4 Å². The van der Waals surface area contributed by atoms with Crippen LogP contribution >= 0.6 is 0 Å². The van der Waals surface area contributed by atoms with E-state index in [1.165, 1.54) is 25.7 Å². The molecule has 0 aliphatic heterocycles. The normalized spacial score (nSPS) is 22.6. The van der Waals surface area contributed by atoms with Crippen molar-refractivity contribution in [1.29, 1.82) is 0 Å². The van der Waals surface area contributed by atoms with Crippen LogP contribution in [0.5, 0.6) is 0 Å². The quantitative estimate of drug-likeness (QED) is 0.897. The summed E-state index contributed by atoms with van der Waals surface area (Å²) in [5.74, 6) is 3.42. The molecule has 0 spiro atoms. The molecular weight excluding hydrogens is 252 g/mol. The fourth-order valence-corrected chi connectivity index (χ4v) is 2.80. The summed E-state index contributed by atoms with van der Waals surface area (Å²) in [5.41, 5.74) is 0. The number of methoxy groups -OCH3 is 1. The Morgan fingerprint density at radius 1 is 1.30 bits per heavy atom. The molecule has 0 bridgehead atoms. The zero-order valence-corrected chi connectivity index (χ0v) is 13.0. The third kappa shape index (κ3) is 3.60. The van der Waals surface area contributed by atoms with Gasteiger partial charge in [-0.25, -0.2) is 9.97 Å². The van der Waals surface area contributed by atoms with Gasteiger partial charge in [0.15, 0.2) is 5.82 Å². The van der Waals surface area contributed by atoms with Crippen molar-refractivity contribution in [2.45, 2.75) is 45.3 Å². The van der Waals surface area contributed by atoms with Crippen molar-refractivity contribution in [2.75, 3.05) is 31.4 Å². The molecule has 112 valence electrons. The van der Waals surface area contributed by atoms with Crippen LogP contribution in [-0.4, -0.2) is 37.2 Å². The van der Waals surface area contributed by atoms with E-state index in [1.807, 2.05) is 13.1 Å². The summed E-state index contributed by atoms with van der Waals surface area (Å²) in [6.45, 7) is 2.79. The molecule has 1 saturated carbocycles. The minimum atomic E-state index is 0.443. The standard InChI is InChI=1S/C15H26N4O/c1-11-5-7-12(8-6-11)19(3)15-9-13(16-2)17-14(18-15)10-20-4/h9,11-12H,5-8,10H2,1-4H3,(H,16,17,18). The van der Waals surface area contributed by atoms with Gasteiger partial charge in [-0.05, 0) is 31.6 Å². The zero-order chi connectivity index (χ0) is 14.5. The van der Waals surface area contributed by atoms with Crippen LogP contribution in [0.2, 0.25) is 0 Å². The Morgan fingerprint density at radius 2 is 2.00 bits per heavy atom. The molecule has 1 aromatic heterocycles. The van der Waals surface area contributed by atoms with Crippen LogP contribution in [0.3, 0.4) is 0 Å². The second-order valence-corrected chi connectivity index (χ2v) is 5.74. The molecule has 1 aliphatic carbocycles. The summed E-state index contributed by atoms with van der Waals surface area (Å²) >= 11 is 0. The Balaban J connectivity index is 2.15. The molecule has 2 rings (SSSR count). The largest absolute Gasteiger partial charge is 0.377 e. The highest BCUT2D eigenvalue weighted by Crippen LogP contribution is 2.29. The molecule has 1 aromatic rings. The Hall–Kier alpha value is -1.36. The van der Waals surface area contributed by atoms with Gasteiger partial charge in [0, 0.05) is 33.3 Å². The highest BCUT2D eigenvalue weighted by molar-refractivity contribution is 5.49. The highest BCUT2D eigenvalue weighted by atomic mass is 16.5. The Bertz CT molecular complexity index is 430. The van der Waals surface area contributed by atoms with Gasteiger partial charge in [0.25, 0.3) is 0 Å². The van der Waals surface area contributed by atoms with Crippen molar-refractivity contribution in [1.82, 2.24) is 9.97 Å². The van der Waals surface area contributed by atoms with Crippen LogP contribution in [-0.2, 0) is 11.3 Å². The van der Waals surface area contributed by atoms with E-state index in [9.17, 15) is 0 Å². The molecule has 0 unspecified atom stereocenters.